The number of aryl methyl sites for hydroxylation is 4. The summed E-state index contributed by atoms with van der Waals surface area (Å²) in [6, 6.07) is 20.8. The van der Waals surface area contributed by atoms with Gasteiger partial charge >= 0.3 is 0 Å². The van der Waals surface area contributed by atoms with Crippen molar-refractivity contribution in [3.63, 3.8) is 0 Å². The predicted octanol–water partition coefficient (Wildman–Crippen LogP) is 5.59. The Kier molecular flexibility index (Phi) is 7.58. The molecule has 0 aliphatic rings. The quantitative estimate of drug-likeness (QED) is 0.264. The smallest absolute Gasteiger partial charge is 0.252 e. The van der Waals surface area contributed by atoms with Crippen molar-refractivity contribution in [2.75, 3.05) is 0 Å². The summed E-state index contributed by atoms with van der Waals surface area (Å²) in [5.41, 5.74) is 5.13. The van der Waals surface area contributed by atoms with E-state index in [2.05, 4.69) is 100 Å². The van der Waals surface area contributed by atoms with Gasteiger partial charge in [-0.1, -0.05) is 49.4 Å². The molecule has 2 aromatic carbocycles. The molecule has 5 rings (SSSR count). The first kappa shape index (κ1) is 25.0. The minimum Gasteiger partial charge on any atom is -0.322 e. The molecule has 0 bridgehead atoms. The fraction of sp³-hybridized carbons (Fsp3) is 0.310. The Morgan fingerprint density at radius 2 is 1.89 bits per heavy atom. The van der Waals surface area contributed by atoms with Crippen molar-refractivity contribution in [3.8, 4) is 0 Å². The van der Waals surface area contributed by atoms with E-state index in [9.17, 15) is 4.79 Å². The highest BCUT2D eigenvalue weighted by Gasteiger charge is 2.26. The molecule has 3 aromatic heterocycles. The number of thiophene rings is 1. The van der Waals surface area contributed by atoms with E-state index in [0.29, 0.717) is 19.6 Å². The summed E-state index contributed by atoms with van der Waals surface area (Å²) in [7, 11) is 0. The normalized spacial score (nSPS) is 12.4. The third-order valence-electron chi connectivity index (χ3n) is 6.84. The van der Waals surface area contributed by atoms with Crippen molar-refractivity contribution in [3.05, 3.63) is 109 Å². The standard InChI is InChI=1S/C29H32N6OS/c1-4-27(28-31-32-33-35(28)13-12-22-9-6-5-7-10-22)34(19-24-11-8-14-37-24)18-23-17-25-21(3)15-20(2)16-26(25)30-29(23)36/h5-11,14-17,27H,4,12-13,18-19H2,1-3H3,(H,30,36)/t27-/m1/s1. The lowest BCUT2D eigenvalue weighted by molar-refractivity contribution is 0.162. The molecular weight excluding hydrogens is 480 g/mol. The number of H-pyrrole nitrogens is 1. The van der Waals surface area contributed by atoms with Crippen LogP contribution in [-0.4, -0.2) is 30.1 Å². The summed E-state index contributed by atoms with van der Waals surface area (Å²) in [6.45, 7) is 8.21. The lowest BCUT2D eigenvalue weighted by Crippen LogP contribution is -2.32. The fourth-order valence-corrected chi connectivity index (χ4v) is 5.75. The minimum atomic E-state index is -0.0489. The maximum atomic E-state index is 13.2. The average Bonchev–Trinajstić information content (AvgIpc) is 3.57. The molecule has 8 heteroatoms. The molecule has 0 saturated carbocycles. The minimum absolute atomic E-state index is 0.0397. The van der Waals surface area contributed by atoms with Crippen LogP contribution in [0.15, 0.2) is 70.8 Å². The number of rotatable bonds is 10. The lowest BCUT2D eigenvalue weighted by atomic mass is 10.0. The van der Waals surface area contributed by atoms with Crippen LogP contribution in [0.3, 0.4) is 0 Å². The number of pyridine rings is 1. The van der Waals surface area contributed by atoms with Crippen molar-refractivity contribution in [1.82, 2.24) is 30.1 Å². The molecule has 0 saturated heterocycles. The molecule has 0 aliphatic heterocycles. The molecule has 0 radical (unpaired) electrons. The van der Waals surface area contributed by atoms with Crippen LogP contribution in [0.2, 0.25) is 0 Å². The number of aromatic nitrogens is 5. The zero-order valence-electron chi connectivity index (χ0n) is 21.5. The molecule has 0 unspecified atom stereocenters. The van der Waals surface area contributed by atoms with Gasteiger partial charge in [-0.2, -0.15) is 0 Å². The zero-order chi connectivity index (χ0) is 25.8. The summed E-state index contributed by atoms with van der Waals surface area (Å²) in [6.07, 6.45) is 1.67. The van der Waals surface area contributed by atoms with Gasteiger partial charge < -0.3 is 4.98 Å². The highest BCUT2D eigenvalue weighted by molar-refractivity contribution is 7.09. The van der Waals surface area contributed by atoms with Crippen LogP contribution in [-0.2, 0) is 26.1 Å². The second kappa shape index (κ2) is 11.2. The monoisotopic (exact) mass is 512 g/mol. The van der Waals surface area contributed by atoms with Gasteiger partial charge in [0, 0.05) is 41.0 Å². The predicted molar refractivity (Wildman–Crippen MR) is 149 cm³/mol. The molecule has 1 N–H and O–H groups in total. The van der Waals surface area contributed by atoms with Crippen molar-refractivity contribution in [1.29, 1.82) is 0 Å². The molecule has 0 amide bonds. The Hall–Kier alpha value is -3.62. The zero-order valence-corrected chi connectivity index (χ0v) is 22.3. The van der Waals surface area contributed by atoms with Crippen LogP contribution in [0.25, 0.3) is 10.9 Å². The summed E-state index contributed by atoms with van der Waals surface area (Å²) in [4.78, 5) is 19.9. The largest absolute Gasteiger partial charge is 0.322 e. The summed E-state index contributed by atoms with van der Waals surface area (Å²) < 4.78 is 1.92. The van der Waals surface area contributed by atoms with E-state index in [4.69, 9.17) is 0 Å². The van der Waals surface area contributed by atoms with Crippen LogP contribution in [0.5, 0.6) is 0 Å². The number of aromatic amines is 1. The van der Waals surface area contributed by atoms with E-state index in [1.807, 2.05) is 16.8 Å². The molecule has 0 spiro atoms. The number of hydrogen-bond donors (Lipinski definition) is 1. The van der Waals surface area contributed by atoms with Gasteiger partial charge in [0.25, 0.3) is 5.56 Å². The average molecular weight is 513 g/mol. The number of fused-ring (bicyclic) bond motifs is 1. The van der Waals surface area contributed by atoms with Gasteiger partial charge in [-0.15, -0.1) is 16.4 Å². The third-order valence-corrected chi connectivity index (χ3v) is 7.70. The molecule has 37 heavy (non-hydrogen) atoms. The molecule has 5 aromatic rings. The summed E-state index contributed by atoms with van der Waals surface area (Å²) in [5.74, 6) is 0.832. The molecule has 1 atom stereocenters. The number of nitrogens with one attached hydrogen (secondary N) is 1. The van der Waals surface area contributed by atoms with Crippen LogP contribution in [0, 0.1) is 13.8 Å². The Morgan fingerprint density at radius 1 is 1.05 bits per heavy atom. The number of nitrogens with zero attached hydrogens (tertiary/aromatic N) is 5. The van der Waals surface area contributed by atoms with Gasteiger partial charge in [0.15, 0.2) is 5.82 Å². The van der Waals surface area contributed by atoms with Crippen LogP contribution >= 0.6 is 11.3 Å². The summed E-state index contributed by atoms with van der Waals surface area (Å²) in [5, 5.41) is 16.0. The first-order valence-electron chi connectivity index (χ1n) is 12.7. The number of tetrazole rings is 1. The molecule has 3 heterocycles. The van der Waals surface area contributed by atoms with E-state index in [0.717, 1.165) is 46.3 Å². The molecule has 0 fully saturated rings. The second-order valence-corrected chi connectivity index (χ2v) is 10.6. The fourth-order valence-electron chi connectivity index (χ4n) is 5.02. The van der Waals surface area contributed by atoms with Gasteiger partial charge in [0.1, 0.15) is 0 Å². The molecule has 7 nitrogen and oxygen atoms in total. The van der Waals surface area contributed by atoms with Crippen molar-refractivity contribution in [2.24, 2.45) is 0 Å². The Bertz CT molecular complexity index is 1520. The number of benzene rings is 2. The van der Waals surface area contributed by atoms with Crippen molar-refractivity contribution in [2.45, 2.75) is 59.3 Å². The number of hydrogen-bond acceptors (Lipinski definition) is 6. The van der Waals surface area contributed by atoms with Crippen LogP contribution in [0.1, 0.15) is 52.3 Å². The lowest BCUT2D eigenvalue weighted by Gasteiger charge is -2.30. The maximum Gasteiger partial charge on any atom is 0.252 e. The Morgan fingerprint density at radius 3 is 2.65 bits per heavy atom. The van der Waals surface area contributed by atoms with Gasteiger partial charge in [-0.25, -0.2) is 4.68 Å². The van der Waals surface area contributed by atoms with Gasteiger partial charge in [-0.05, 0) is 77.4 Å². The van der Waals surface area contributed by atoms with Crippen molar-refractivity contribution < 1.29 is 0 Å². The first-order chi connectivity index (χ1) is 18.0. The van der Waals surface area contributed by atoms with Gasteiger partial charge in [0.2, 0.25) is 0 Å². The SMILES string of the molecule is CC[C@H](c1nnnn1CCc1ccccc1)N(Cc1cccs1)Cc1cc2c(C)cc(C)cc2[nH]c1=O. The van der Waals surface area contributed by atoms with E-state index in [1.165, 1.54) is 10.4 Å². The highest BCUT2D eigenvalue weighted by atomic mass is 32.1. The van der Waals surface area contributed by atoms with Crippen LogP contribution in [0.4, 0.5) is 0 Å². The molecular formula is C29H32N6OS. The van der Waals surface area contributed by atoms with Gasteiger partial charge in [-0.3, -0.25) is 9.69 Å². The van der Waals surface area contributed by atoms with Crippen LogP contribution < -0.4 is 5.56 Å². The van der Waals surface area contributed by atoms with E-state index in [-0.39, 0.29) is 11.6 Å². The Labute approximate surface area is 220 Å². The first-order valence-corrected chi connectivity index (χ1v) is 13.6. The van der Waals surface area contributed by atoms with E-state index in [1.54, 1.807) is 11.3 Å². The molecule has 190 valence electrons. The Balaban J connectivity index is 1.47. The van der Waals surface area contributed by atoms with E-state index >= 15 is 0 Å². The van der Waals surface area contributed by atoms with E-state index < -0.39 is 0 Å². The highest BCUT2D eigenvalue weighted by Crippen LogP contribution is 2.28. The van der Waals surface area contributed by atoms with Gasteiger partial charge in [0.05, 0.1) is 6.04 Å². The second-order valence-electron chi connectivity index (χ2n) is 9.57. The maximum absolute atomic E-state index is 13.2. The third kappa shape index (κ3) is 5.70. The topological polar surface area (TPSA) is 79.7 Å². The summed E-state index contributed by atoms with van der Waals surface area (Å²) >= 11 is 1.72. The molecule has 0 aliphatic carbocycles. The van der Waals surface area contributed by atoms with Crippen molar-refractivity contribution >= 4 is 22.2 Å².